The van der Waals surface area contributed by atoms with E-state index in [0.717, 1.165) is 17.4 Å². The minimum absolute atomic E-state index is 0.0573. The first-order chi connectivity index (χ1) is 7.28. The van der Waals surface area contributed by atoms with Gasteiger partial charge in [0, 0.05) is 18.2 Å². The molecule has 4 heteroatoms. The van der Waals surface area contributed by atoms with Gasteiger partial charge in [-0.15, -0.1) is 0 Å². The molecule has 0 N–H and O–H groups in total. The van der Waals surface area contributed by atoms with Gasteiger partial charge in [0.25, 0.3) is 0 Å². The van der Waals surface area contributed by atoms with E-state index in [2.05, 4.69) is 0 Å². The van der Waals surface area contributed by atoms with Gasteiger partial charge in [0.05, 0.1) is 5.75 Å². The van der Waals surface area contributed by atoms with Gasteiger partial charge >= 0.3 is 0 Å². The van der Waals surface area contributed by atoms with Crippen molar-refractivity contribution < 1.29 is 13.2 Å². The van der Waals surface area contributed by atoms with Gasteiger partial charge in [-0.3, -0.25) is 4.79 Å². The highest BCUT2D eigenvalue weighted by atomic mass is 32.2. The lowest BCUT2D eigenvalue weighted by Crippen LogP contribution is -2.09. The number of carbonyl (C=O) groups is 1. The van der Waals surface area contributed by atoms with Gasteiger partial charge in [0.15, 0.2) is 5.78 Å². The highest BCUT2D eigenvalue weighted by molar-refractivity contribution is 7.90. The van der Waals surface area contributed by atoms with Crippen molar-refractivity contribution in [1.29, 1.82) is 0 Å². The Balaban J connectivity index is 2.81. The zero-order valence-electron chi connectivity index (χ0n) is 9.78. The van der Waals surface area contributed by atoms with E-state index in [1.165, 1.54) is 0 Å². The number of benzene rings is 1. The van der Waals surface area contributed by atoms with E-state index in [0.29, 0.717) is 5.56 Å². The maximum atomic E-state index is 11.7. The lowest BCUT2D eigenvalue weighted by atomic mass is 10.0. The van der Waals surface area contributed by atoms with Crippen molar-refractivity contribution >= 4 is 15.6 Å². The van der Waals surface area contributed by atoms with Gasteiger partial charge in [-0.2, -0.15) is 0 Å². The van der Waals surface area contributed by atoms with Crippen molar-refractivity contribution in [3.63, 3.8) is 0 Å². The summed E-state index contributed by atoms with van der Waals surface area (Å²) in [6, 6.07) is 5.56. The van der Waals surface area contributed by atoms with E-state index in [1.807, 2.05) is 19.9 Å². The third kappa shape index (κ3) is 4.14. The SMILES string of the molecule is Cc1cc(C)cc(C(=O)CCS(C)(=O)=O)c1. The number of aryl methyl sites for hydroxylation is 2. The summed E-state index contributed by atoms with van der Waals surface area (Å²) in [6.45, 7) is 3.83. The normalized spacial score (nSPS) is 11.4. The second-order valence-corrected chi connectivity index (χ2v) is 6.44. The first kappa shape index (κ1) is 12.9. The molecule has 0 fully saturated rings. The van der Waals surface area contributed by atoms with Crippen LogP contribution in [-0.2, 0) is 9.84 Å². The third-order valence-electron chi connectivity index (χ3n) is 2.24. The van der Waals surface area contributed by atoms with Crippen molar-refractivity contribution in [3.05, 3.63) is 34.9 Å². The predicted molar refractivity (Wildman–Crippen MR) is 64.6 cm³/mol. The Morgan fingerprint density at radius 2 is 1.62 bits per heavy atom. The van der Waals surface area contributed by atoms with E-state index in [9.17, 15) is 13.2 Å². The van der Waals surface area contributed by atoms with Crippen molar-refractivity contribution in [3.8, 4) is 0 Å². The molecule has 0 bridgehead atoms. The molecule has 0 aliphatic rings. The fourth-order valence-corrected chi connectivity index (χ4v) is 2.11. The van der Waals surface area contributed by atoms with E-state index in [1.54, 1.807) is 12.1 Å². The standard InChI is InChI=1S/C12H16O3S/c1-9-6-10(2)8-11(7-9)12(13)4-5-16(3,14)15/h6-8H,4-5H2,1-3H3. The van der Waals surface area contributed by atoms with Crippen molar-refractivity contribution in [2.75, 3.05) is 12.0 Å². The monoisotopic (exact) mass is 240 g/mol. The summed E-state index contributed by atoms with van der Waals surface area (Å²) in [4.78, 5) is 11.7. The maximum absolute atomic E-state index is 11.7. The molecule has 0 aromatic heterocycles. The zero-order valence-corrected chi connectivity index (χ0v) is 10.6. The number of sulfone groups is 1. The molecule has 0 aliphatic heterocycles. The fourth-order valence-electron chi connectivity index (χ4n) is 1.56. The molecule has 0 amide bonds. The van der Waals surface area contributed by atoms with Crippen LogP contribution in [0.4, 0.5) is 0 Å². The summed E-state index contributed by atoms with van der Waals surface area (Å²) in [5.74, 6) is -0.198. The Morgan fingerprint density at radius 3 is 2.06 bits per heavy atom. The minimum Gasteiger partial charge on any atom is -0.294 e. The average molecular weight is 240 g/mol. The fraction of sp³-hybridized carbons (Fsp3) is 0.417. The summed E-state index contributed by atoms with van der Waals surface area (Å²) in [6.07, 6.45) is 1.20. The highest BCUT2D eigenvalue weighted by Gasteiger charge is 2.10. The summed E-state index contributed by atoms with van der Waals surface area (Å²) in [5.41, 5.74) is 2.63. The van der Waals surface area contributed by atoms with Crippen LogP contribution in [0.3, 0.4) is 0 Å². The maximum Gasteiger partial charge on any atom is 0.163 e. The first-order valence-electron chi connectivity index (χ1n) is 5.07. The van der Waals surface area contributed by atoms with Crippen LogP contribution in [0, 0.1) is 13.8 Å². The molecular formula is C12H16O3S. The van der Waals surface area contributed by atoms with Crippen LogP contribution in [0.2, 0.25) is 0 Å². The van der Waals surface area contributed by atoms with Gasteiger partial charge in [0.1, 0.15) is 9.84 Å². The summed E-state index contributed by atoms with van der Waals surface area (Å²) < 4.78 is 21.9. The lowest BCUT2D eigenvalue weighted by molar-refractivity contribution is 0.0988. The summed E-state index contributed by atoms with van der Waals surface area (Å²) in [5, 5.41) is 0. The molecule has 0 aliphatic carbocycles. The molecule has 0 saturated heterocycles. The average Bonchev–Trinajstić information content (AvgIpc) is 2.11. The third-order valence-corrected chi connectivity index (χ3v) is 3.19. The van der Waals surface area contributed by atoms with Crippen LogP contribution in [0.5, 0.6) is 0 Å². The number of carbonyl (C=O) groups excluding carboxylic acids is 1. The molecular weight excluding hydrogens is 224 g/mol. The number of ketones is 1. The molecule has 1 aromatic rings. The van der Waals surface area contributed by atoms with Crippen LogP contribution in [0.15, 0.2) is 18.2 Å². The summed E-state index contributed by atoms with van der Waals surface area (Å²) in [7, 11) is -3.07. The first-order valence-corrected chi connectivity index (χ1v) is 7.13. The van der Waals surface area contributed by atoms with E-state index in [4.69, 9.17) is 0 Å². The smallest absolute Gasteiger partial charge is 0.163 e. The highest BCUT2D eigenvalue weighted by Crippen LogP contribution is 2.11. The second-order valence-electron chi connectivity index (χ2n) is 4.18. The Hall–Kier alpha value is -1.16. The molecule has 0 unspecified atom stereocenters. The zero-order chi connectivity index (χ0) is 12.3. The molecule has 88 valence electrons. The van der Waals surface area contributed by atoms with Crippen molar-refractivity contribution in [2.45, 2.75) is 20.3 Å². The van der Waals surface area contributed by atoms with Gasteiger partial charge < -0.3 is 0 Å². The van der Waals surface area contributed by atoms with Gasteiger partial charge in [-0.05, 0) is 26.0 Å². The number of hydrogen-bond acceptors (Lipinski definition) is 3. The molecule has 1 aromatic carbocycles. The molecule has 1 rings (SSSR count). The van der Waals surface area contributed by atoms with Crippen LogP contribution in [0.25, 0.3) is 0 Å². The summed E-state index contributed by atoms with van der Waals surface area (Å²) >= 11 is 0. The van der Waals surface area contributed by atoms with Gasteiger partial charge in [-0.25, -0.2) is 8.42 Å². The molecule has 3 nitrogen and oxygen atoms in total. The minimum atomic E-state index is -3.07. The number of rotatable bonds is 4. The van der Waals surface area contributed by atoms with Crippen LogP contribution in [0.1, 0.15) is 27.9 Å². The van der Waals surface area contributed by atoms with Gasteiger partial charge in [0.2, 0.25) is 0 Å². The van der Waals surface area contributed by atoms with E-state index < -0.39 is 9.84 Å². The quantitative estimate of drug-likeness (QED) is 0.755. The van der Waals surface area contributed by atoms with E-state index in [-0.39, 0.29) is 18.0 Å². The molecule has 0 heterocycles. The Kier molecular flexibility index (Phi) is 3.86. The van der Waals surface area contributed by atoms with Crippen LogP contribution >= 0.6 is 0 Å². The Bertz CT molecular complexity index is 481. The van der Waals surface area contributed by atoms with Crippen molar-refractivity contribution in [2.24, 2.45) is 0 Å². The van der Waals surface area contributed by atoms with Crippen LogP contribution < -0.4 is 0 Å². The van der Waals surface area contributed by atoms with Crippen LogP contribution in [-0.4, -0.2) is 26.2 Å². The molecule has 0 spiro atoms. The number of hydrogen-bond donors (Lipinski definition) is 0. The van der Waals surface area contributed by atoms with Crippen molar-refractivity contribution in [1.82, 2.24) is 0 Å². The largest absolute Gasteiger partial charge is 0.294 e. The Morgan fingerprint density at radius 1 is 1.12 bits per heavy atom. The topological polar surface area (TPSA) is 51.2 Å². The second kappa shape index (κ2) is 4.78. The van der Waals surface area contributed by atoms with E-state index >= 15 is 0 Å². The molecule has 0 saturated carbocycles. The Labute approximate surface area is 96.4 Å². The lowest BCUT2D eigenvalue weighted by Gasteiger charge is -2.03. The molecule has 16 heavy (non-hydrogen) atoms. The van der Waals surface area contributed by atoms with Gasteiger partial charge in [-0.1, -0.05) is 17.2 Å². The molecule has 0 radical (unpaired) electrons. The number of Topliss-reactive ketones (excluding diaryl/α,β-unsaturated/α-hetero) is 1. The predicted octanol–water partition coefficient (Wildman–Crippen LogP) is 1.92. The molecule has 0 atom stereocenters.